The normalized spacial score (nSPS) is 23.1. The second kappa shape index (κ2) is 6.72. The third-order valence-electron chi connectivity index (χ3n) is 6.05. The van der Waals surface area contributed by atoms with Crippen LogP contribution in [0.4, 0.5) is 5.13 Å². The molecule has 0 aliphatic carbocycles. The van der Waals surface area contributed by atoms with Gasteiger partial charge in [-0.15, -0.1) is 0 Å². The Labute approximate surface area is 177 Å². The molecule has 6 rings (SSSR count). The minimum absolute atomic E-state index is 0.461. The smallest absolute Gasteiger partial charge is 0.185 e. The van der Waals surface area contributed by atoms with E-state index in [4.69, 9.17) is 9.97 Å². The lowest BCUT2D eigenvalue weighted by molar-refractivity contribution is 0.378. The molecular weight excluding hydrogens is 396 g/mol. The van der Waals surface area contributed by atoms with Gasteiger partial charge in [-0.3, -0.25) is 4.68 Å². The van der Waals surface area contributed by atoms with Crippen LogP contribution in [0, 0.1) is 11.3 Å². The van der Waals surface area contributed by atoms with Gasteiger partial charge in [0.25, 0.3) is 0 Å². The minimum atomic E-state index is 0.461. The van der Waals surface area contributed by atoms with E-state index in [1.54, 1.807) is 22.2 Å². The molecule has 4 aromatic rings. The predicted octanol–water partition coefficient (Wildman–Crippen LogP) is 3.21. The first-order valence-corrected chi connectivity index (χ1v) is 11.0. The number of nitrogens with zero attached hydrogens (tertiary/aromatic N) is 6. The standard InChI is InChI=1S/C21H20N8S/c1-29-10-13-5-11(4-12(8-22)18(13)28-29)19-23-9-17-20(27-19)30-21(26-17)25-16-6-14-2-3-15(7-16)24-14/h4-5,9-10,14-16,24H,2-3,6-7H2,1H3,(H,25,26). The van der Waals surface area contributed by atoms with E-state index in [1.165, 1.54) is 12.8 Å². The molecule has 2 atom stereocenters. The van der Waals surface area contributed by atoms with E-state index in [1.807, 2.05) is 25.4 Å². The third-order valence-corrected chi connectivity index (χ3v) is 6.95. The Morgan fingerprint density at radius 2 is 2.07 bits per heavy atom. The number of fused-ring (bicyclic) bond motifs is 4. The molecule has 2 saturated heterocycles. The first-order valence-electron chi connectivity index (χ1n) is 10.2. The maximum Gasteiger partial charge on any atom is 0.185 e. The number of thiazole rings is 1. The Morgan fingerprint density at radius 3 is 2.87 bits per heavy atom. The Bertz CT molecular complexity index is 1300. The zero-order chi connectivity index (χ0) is 20.2. The van der Waals surface area contributed by atoms with Crippen molar-refractivity contribution < 1.29 is 0 Å². The van der Waals surface area contributed by atoms with Crippen LogP contribution in [0.5, 0.6) is 0 Å². The number of hydrogen-bond donors (Lipinski definition) is 2. The zero-order valence-corrected chi connectivity index (χ0v) is 17.3. The quantitative estimate of drug-likeness (QED) is 0.528. The van der Waals surface area contributed by atoms with E-state index >= 15 is 0 Å². The SMILES string of the molecule is Cn1cc2cc(-c3ncc4nc(NC5CC6CCC(C5)N6)sc4n3)cc(C#N)c2n1. The lowest BCUT2D eigenvalue weighted by Gasteiger charge is -2.29. The summed E-state index contributed by atoms with van der Waals surface area (Å²) in [5.74, 6) is 0.597. The van der Waals surface area contributed by atoms with Crippen LogP contribution in [0.25, 0.3) is 32.6 Å². The number of nitriles is 1. The van der Waals surface area contributed by atoms with Gasteiger partial charge < -0.3 is 10.6 Å². The van der Waals surface area contributed by atoms with Gasteiger partial charge in [0.05, 0.1) is 11.8 Å². The molecule has 0 amide bonds. The number of aromatic nitrogens is 5. The fraction of sp³-hybridized carbons (Fsp3) is 0.381. The van der Waals surface area contributed by atoms with Crippen LogP contribution in [0.3, 0.4) is 0 Å². The van der Waals surface area contributed by atoms with Crippen molar-refractivity contribution in [2.24, 2.45) is 7.05 Å². The Kier molecular flexibility index (Phi) is 3.97. The van der Waals surface area contributed by atoms with Crippen LogP contribution >= 0.6 is 11.3 Å². The van der Waals surface area contributed by atoms with Gasteiger partial charge in [-0.25, -0.2) is 15.0 Å². The van der Waals surface area contributed by atoms with Crippen molar-refractivity contribution in [3.63, 3.8) is 0 Å². The number of hydrogen-bond acceptors (Lipinski definition) is 8. The summed E-state index contributed by atoms with van der Waals surface area (Å²) in [5.41, 5.74) is 2.84. The summed E-state index contributed by atoms with van der Waals surface area (Å²) in [5, 5.41) is 23.0. The molecule has 2 N–H and O–H groups in total. The number of nitrogens with one attached hydrogen (secondary N) is 2. The Morgan fingerprint density at radius 1 is 1.23 bits per heavy atom. The van der Waals surface area contributed by atoms with Crippen molar-refractivity contribution in [2.75, 3.05) is 5.32 Å². The molecule has 9 heteroatoms. The predicted molar refractivity (Wildman–Crippen MR) is 116 cm³/mol. The van der Waals surface area contributed by atoms with Crippen LogP contribution in [0.2, 0.25) is 0 Å². The summed E-state index contributed by atoms with van der Waals surface area (Å²) < 4.78 is 1.72. The minimum Gasteiger partial charge on any atom is -0.359 e. The fourth-order valence-electron chi connectivity index (χ4n) is 4.76. The molecule has 5 heterocycles. The molecule has 0 radical (unpaired) electrons. The first-order chi connectivity index (χ1) is 14.6. The van der Waals surface area contributed by atoms with Gasteiger partial charge >= 0.3 is 0 Å². The van der Waals surface area contributed by atoms with E-state index in [-0.39, 0.29) is 0 Å². The van der Waals surface area contributed by atoms with Crippen molar-refractivity contribution in [2.45, 2.75) is 43.8 Å². The highest BCUT2D eigenvalue weighted by Gasteiger charge is 2.33. The topological polar surface area (TPSA) is 104 Å². The number of piperidine rings is 1. The number of anilines is 1. The average molecular weight is 417 g/mol. The Balaban J connectivity index is 1.32. The van der Waals surface area contributed by atoms with Gasteiger partial charge in [0.15, 0.2) is 11.0 Å². The van der Waals surface area contributed by atoms with Gasteiger partial charge in [0, 0.05) is 42.3 Å². The lowest BCUT2D eigenvalue weighted by Crippen LogP contribution is -2.43. The second-order valence-corrected chi connectivity index (χ2v) is 9.21. The first kappa shape index (κ1) is 17.7. The number of benzene rings is 1. The van der Waals surface area contributed by atoms with Crippen LogP contribution < -0.4 is 10.6 Å². The van der Waals surface area contributed by atoms with Crippen molar-refractivity contribution in [1.82, 2.24) is 30.0 Å². The van der Waals surface area contributed by atoms with Crippen molar-refractivity contribution >= 4 is 37.7 Å². The van der Waals surface area contributed by atoms with Crippen LogP contribution in [0.15, 0.2) is 24.5 Å². The van der Waals surface area contributed by atoms with E-state index in [0.717, 1.165) is 39.3 Å². The maximum absolute atomic E-state index is 9.53. The molecule has 2 unspecified atom stereocenters. The van der Waals surface area contributed by atoms with Gasteiger partial charge in [-0.2, -0.15) is 10.4 Å². The second-order valence-electron chi connectivity index (χ2n) is 8.23. The molecule has 30 heavy (non-hydrogen) atoms. The van der Waals surface area contributed by atoms with Crippen LogP contribution in [-0.2, 0) is 7.05 Å². The van der Waals surface area contributed by atoms with E-state index in [0.29, 0.717) is 35.0 Å². The lowest BCUT2D eigenvalue weighted by atomic mass is 10.0. The molecule has 150 valence electrons. The summed E-state index contributed by atoms with van der Waals surface area (Å²) >= 11 is 1.57. The van der Waals surface area contributed by atoms with Gasteiger partial charge in [-0.05, 0) is 37.8 Å². The van der Waals surface area contributed by atoms with Crippen LogP contribution in [-0.4, -0.2) is 42.9 Å². The zero-order valence-electron chi connectivity index (χ0n) is 16.5. The van der Waals surface area contributed by atoms with Crippen molar-refractivity contribution in [1.29, 1.82) is 5.26 Å². The highest BCUT2D eigenvalue weighted by Crippen LogP contribution is 2.32. The molecular formula is C21H20N8S. The van der Waals surface area contributed by atoms with Crippen LogP contribution in [0.1, 0.15) is 31.2 Å². The van der Waals surface area contributed by atoms with E-state index in [2.05, 4.69) is 26.8 Å². The van der Waals surface area contributed by atoms with Gasteiger partial charge in [0.1, 0.15) is 21.9 Å². The molecule has 2 bridgehead atoms. The van der Waals surface area contributed by atoms with Crippen molar-refractivity contribution in [3.8, 4) is 17.5 Å². The van der Waals surface area contributed by atoms with Gasteiger partial charge in [0.2, 0.25) is 0 Å². The highest BCUT2D eigenvalue weighted by molar-refractivity contribution is 7.21. The van der Waals surface area contributed by atoms with E-state index < -0.39 is 0 Å². The summed E-state index contributed by atoms with van der Waals surface area (Å²) in [4.78, 5) is 14.8. The summed E-state index contributed by atoms with van der Waals surface area (Å²) in [6, 6.07) is 7.76. The maximum atomic E-state index is 9.53. The van der Waals surface area contributed by atoms with E-state index in [9.17, 15) is 5.26 Å². The molecule has 8 nitrogen and oxygen atoms in total. The fourth-order valence-corrected chi connectivity index (χ4v) is 5.64. The largest absolute Gasteiger partial charge is 0.359 e. The van der Waals surface area contributed by atoms with Crippen molar-refractivity contribution in [3.05, 3.63) is 30.1 Å². The number of rotatable bonds is 3. The summed E-state index contributed by atoms with van der Waals surface area (Å²) in [7, 11) is 1.85. The number of aryl methyl sites for hydroxylation is 1. The Hall–Kier alpha value is -3.09. The molecule has 0 spiro atoms. The molecule has 2 aliphatic heterocycles. The summed E-state index contributed by atoms with van der Waals surface area (Å²) in [6.07, 6.45) is 8.52. The molecule has 1 aromatic carbocycles. The third kappa shape index (κ3) is 3.00. The van der Waals surface area contributed by atoms with Gasteiger partial charge in [-0.1, -0.05) is 11.3 Å². The monoisotopic (exact) mass is 416 g/mol. The molecule has 2 fully saturated rings. The molecule has 3 aromatic heterocycles. The molecule has 0 saturated carbocycles. The average Bonchev–Trinajstić information content (AvgIpc) is 3.41. The molecule has 2 aliphatic rings. The summed E-state index contributed by atoms with van der Waals surface area (Å²) in [6.45, 7) is 0. The highest BCUT2D eigenvalue weighted by atomic mass is 32.1.